The van der Waals surface area contributed by atoms with Crippen LogP contribution in [-0.4, -0.2) is 9.55 Å². The molecule has 1 atom stereocenters. The molecule has 1 fully saturated rings. The number of rotatable bonds is 3. The highest BCUT2D eigenvalue weighted by Gasteiger charge is 2.29. The van der Waals surface area contributed by atoms with Crippen molar-refractivity contribution in [3.05, 3.63) is 29.6 Å². The normalized spacial score (nSPS) is 19.8. The molecule has 0 aliphatic heterocycles. The van der Waals surface area contributed by atoms with E-state index in [0.717, 1.165) is 17.9 Å². The van der Waals surface area contributed by atoms with Gasteiger partial charge in [-0.25, -0.2) is 4.98 Å². The molecule has 1 saturated carbocycles. The van der Waals surface area contributed by atoms with Crippen molar-refractivity contribution in [1.29, 1.82) is 0 Å². The van der Waals surface area contributed by atoms with Crippen LogP contribution in [0.15, 0.2) is 18.2 Å². The predicted octanol–water partition coefficient (Wildman–Crippen LogP) is 5.61. The topological polar surface area (TPSA) is 17.8 Å². The Balaban J connectivity index is 2.04. The van der Waals surface area contributed by atoms with Gasteiger partial charge in [0, 0.05) is 6.54 Å². The van der Waals surface area contributed by atoms with Crippen LogP contribution in [0.25, 0.3) is 11.0 Å². The lowest BCUT2D eigenvalue weighted by Gasteiger charge is -2.34. The number of alkyl halides is 1. The maximum Gasteiger partial charge on any atom is 0.127 e. The molecule has 1 aromatic carbocycles. The van der Waals surface area contributed by atoms with Crippen molar-refractivity contribution in [3.8, 4) is 0 Å². The Hall–Kier alpha value is -1.02. The van der Waals surface area contributed by atoms with E-state index in [2.05, 4.69) is 36.6 Å². The molecule has 1 aliphatic rings. The van der Waals surface area contributed by atoms with Crippen molar-refractivity contribution in [2.24, 2.45) is 5.41 Å². The van der Waals surface area contributed by atoms with Gasteiger partial charge in [0.25, 0.3) is 0 Å². The Morgan fingerprint density at radius 2 is 2.00 bits per heavy atom. The van der Waals surface area contributed by atoms with Gasteiger partial charge in [0.15, 0.2) is 0 Å². The largest absolute Gasteiger partial charge is 0.326 e. The molecule has 114 valence electrons. The van der Waals surface area contributed by atoms with Gasteiger partial charge in [-0.1, -0.05) is 32.3 Å². The Kier molecular flexibility index (Phi) is 4.00. The van der Waals surface area contributed by atoms with Gasteiger partial charge >= 0.3 is 0 Å². The third-order valence-electron chi connectivity index (χ3n) is 4.89. The molecular weight excluding hydrogens is 280 g/mol. The molecular formula is C18H25ClN2. The molecule has 0 N–H and O–H groups in total. The van der Waals surface area contributed by atoms with Gasteiger partial charge in [0.2, 0.25) is 0 Å². The van der Waals surface area contributed by atoms with E-state index in [1.165, 1.54) is 43.2 Å². The fourth-order valence-corrected chi connectivity index (χ4v) is 3.84. The second kappa shape index (κ2) is 5.64. The molecule has 1 aliphatic carbocycles. The van der Waals surface area contributed by atoms with Gasteiger partial charge in [-0.2, -0.15) is 0 Å². The summed E-state index contributed by atoms with van der Waals surface area (Å²) in [7, 11) is 0. The smallest absolute Gasteiger partial charge is 0.127 e. The zero-order valence-corrected chi connectivity index (χ0v) is 14.1. The van der Waals surface area contributed by atoms with Crippen LogP contribution in [-0.2, 0) is 6.54 Å². The molecule has 21 heavy (non-hydrogen) atoms. The molecule has 3 heteroatoms. The van der Waals surface area contributed by atoms with Crippen molar-refractivity contribution in [2.45, 2.75) is 64.8 Å². The minimum atomic E-state index is -0.0510. The van der Waals surface area contributed by atoms with Crippen LogP contribution >= 0.6 is 11.6 Å². The SMILES string of the molecule is Cc1ccc2c(c1)nc(C(C)Cl)n2CC1(C)CCCCC1. The molecule has 0 radical (unpaired) electrons. The van der Waals surface area contributed by atoms with Crippen LogP contribution in [0.5, 0.6) is 0 Å². The third kappa shape index (κ3) is 2.96. The number of fused-ring (bicyclic) bond motifs is 1. The summed E-state index contributed by atoms with van der Waals surface area (Å²) < 4.78 is 2.37. The minimum Gasteiger partial charge on any atom is -0.326 e. The highest BCUT2D eigenvalue weighted by atomic mass is 35.5. The quantitative estimate of drug-likeness (QED) is 0.673. The summed E-state index contributed by atoms with van der Waals surface area (Å²) in [5.74, 6) is 1.02. The van der Waals surface area contributed by atoms with E-state index in [1.54, 1.807) is 0 Å². The monoisotopic (exact) mass is 304 g/mol. The number of hydrogen-bond acceptors (Lipinski definition) is 1. The van der Waals surface area contributed by atoms with Gasteiger partial charge in [-0.05, 0) is 49.8 Å². The summed E-state index contributed by atoms with van der Waals surface area (Å²) in [4.78, 5) is 4.80. The van der Waals surface area contributed by atoms with Crippen molar-refractivity contribution >= 4 is 22.6 Å². The molecule has 3 rings (SSSR count). The molecule has 2 nitrogen and oxygen atoms in total. The average molecular weight is 305 g/mol. The molecule has 0 spiro atoms. The summed E-state index contributed by atoms with van der Waals surface area (Å²) in [5.41, 5.74) is 3.95. The lowest BCUT2D eigenvalue weighted by Crippen LogP contribution is -2.27. The Morgan fingerprint density at radius 3 is 2.67 bits per heavy atom. The highest BCUT2D eigenvalue weighted by molar-refractivity contribution is 6.20. The highest BCUT2D eigenvalue weighted by Crippen LogP contribution is 2.39. The van der Waals surface area contributed by atoms with Crippen LogP contribution in [0.2, 0.25) is 0 Å². The first kappa shape index (κ1) is 14.9. The molecule has 0 amide bonds. The molecule has 1 aromatic heterocycles. The van der Waals surface area contributed by atoms with Gasteiger partial charge < -0.3 is 4.57 Å². The maximum absolute atomic E-state index is 6.40. The first-order valence-corrected chi connectivity index (χ1v) is 8.53. The number of benzene rings is 1. The van der Waals surface area contributed by atoms with Crippen molar-refractivity contribution in [2.75, 3.05) is 0 Å². The minimum absolute atomic E-state index is 0.0510. The van der Waals surface area contributed by atoms with Crippen LogP contribution in [0.4, 0.5) is 0 Å². The van der Waals surface area contributed by atoms with Crippen LogP contribution < -0.4 is 0 Å². The summed E-state index contributed by atoms with van der Waals surface area (Å²) in [6, 6.07) is 6.54. The van der Waals surface area contributed by atoms with E-state index < -0.39 is 0 Å². The Labute approximate surface area is 132 Å². The summed E-state index contributed by atoms with van der Waals surface area (Å²) >= 11 is 6.40. The summed E-state index contributed by atoms with van der Waals surface area (Å²) in [6.07, 6.45) is 6.73. The molecule has 2 aromatic rings. The molecule has 0 saturated heterocycles. The van der Waals surface area contributed by atoms with E-state index in [-0.39, 0.29) is 5.38 Å². The first-order valence-electron chi connectivity index (χ1n) is 8.09. The fraction of sp³-hybridized carbons (Fsp3) is 0.611. The zero-order valence-electron chi connectivity index (χ0n) is 13.3. The van der Waals surface area contributed by atoms with Crippen LogP contribution in [0.3, 0.4) is 0 Å². The molecule has 1 unspecified atom stereocenters. The average Bonchev–Trinajstić information content (AvgIpc) is 2.77. The molecule has 0 bridgehead atoms. The number of nitrogens with zero attached hydrogens (tertiary/aromatic N) is 2. The number of aryl methyl sites for hydroxylation is 1. The zero-order chi connectivity index (χ0) is 15.0. The molecule has 1 heterocycles. The number of aromatic nitrogens is 2. The Morgan fingerprint density at radius 1 is 1.29 bits per heavy atom. The maximum atomic E-state index is 6.40. The lowest BCUT2D eigenvalue weighted by atomic mass is 9.75. The van der Waals surface area contributed by atoms with Gasteiger partial charge in [-0.15, -0.1) is 11.6 Å². The van der Waals surface area contributed by atoms with E-state index in [0.29, 0.717) is 5.41 Å². The van der Waals surface area contributed by atoms with Gasteiger partial charge in [-0.3, -0.25) is 0 Å². The predicted molar refractivity (Wildman–Crippen MR) is 89.9 cm³/mol. The van der Waals surface area contributed by atoms with E-state index in [9.17, 15) is 0 Å². The van der Waals surface area contributed by atoms with Gasteiger partial charge in [0.05, 0.1) is 16.4 Å². The number of imidazole rings is 1. The van der Waals surface area contributed by atoms with Crippen LogP contribution in [0, 0.1) is 12.3 Å². The third-order valence-corrected chi connectivity index (χ3v) is 5.08. The van der Waals surface area contributed by atoms with Gasteiger partial charge in [0.1, 0.15) is 5.82 Å². The van der Waals surface area contributed by atoms with E-state index in [1.807, 2.05) is 6.92 Å². The Bertz CT molecular complexity index is 636. The van der Waals surface area contributed by atoms with E-state index in [4.69, 9.17) is 16.6 Å². The first-order chi connectivity index (χ1) is 9.98. The summed E-state index contributed by atoms with van der Waals surface area (Å²) in [5, 5.41) is -0.0510. The van der Waals surface area contributed by atoms with Crippen molar-refractivity contribution in [1.82, 2.24) is 9.55 Å². The number of halogens is 1. The second-order valence-electron chi connectivity index (χ2n) is 7.04. The number of hydrogen-bond donors (Lipinski definition) is 0. The van der Waals surface area contributed by atoms with Crippen molar-refractivity contribution < 1.29 is 0 Å². The second-order valence-corrected chi connectivity index (χ2v) is 7.69. The van der Waals surface area contributed by atoms with Crippen LogP contribution in [0.1, 0.15) is 62.7 Å². The fourth-order valence-electron chi connectivity index (χ4n) is 3.67. The van der Waals surface area contributed by atoms with E-state index >= 15 is 0 Å². The standard InChI is InChI=1S/C18H25ClN2/c1-13-7-8-16-15(11-13)20-17(14(2)19)21(16)12-18(3)9-5-4-6-10-18/h7-8,11,14H,4-6,9-10,12H2,1-3H3. The van der Waals surface area contributed by atoms with Crippen molar-refractivity contribution in [3.63, 3.8) is 0 Å². The summed E-state index contributed by atoms with van der Waals surface area (Å²) in [6.45, 7) is 7.61. The lowest BCUT2D eigenvalue weighted by molar-refractivity contribution is 0.183.